The maximum atomic E-state index is 13.2. The number of nitrogens with two attached hydrogens (primary N) is 1. The Kier molecular flexibility index (Phi) is 3.70. The fourth-order valence-electron chi connectivity index (χ4n) is 3.04. The van der Waals surface area contributed by atoms with Crippen LogP contribution in [0.5, 0.6) is 0 Å². The molecule has 7 heteroatoms. The zero-order valence-corrected chi connectivity index (χ0v) is 12.1. The Bertz CT molecular complexity index is 678. The van der Waals surface area contributed by atoms with Gasteiger partial charge in [0.15, 0.2) is 0 Å². The molecular formula is C15H17F3N4. The second-order valence-electron chi connectivity index (χ2n) is 5.48. The molecule has 2 aromatic rings. The van der Waals surface area contributed by atoms with Gasteiger partial charge >= 0.3 is 6.18 Å². The first-order chi connectivity index (χ1) is 10.4. The number of aryl methyl sites for hydroxylation is 1. The lowest BCUT2D eigenvalue weighted by atomic mass is 9.99. The molecule has 0 spiro atoms. The van der Waals surface area contributed by atoms with Gasteiger partial charge in [0, 0.05) is 38.6 Å². The van der Waals surface area contributed by atoms with Crippen molar-refractivity contribution < 1.29 is 13.2 Å². The number of fused-ring (bicyclic) bond motifs is 1. The van der Waals surface area contributed by atoms with E-state index in [1.165, 1.54) is 6.07 Å². The molecule has 1 unspecified atom stereocenters. The standard InChI is InChI=1S/C15H17F3N4/c1-21-6-5-20-14(21)9-22-8-11-10(13(22)7-19)3-2-4-12(11)15(16,17)18/h2-6,13H,7-9,19H2,1H3. The van der Waals surface area contributed by atoms with Crippen molar-refractivity contribution in [2.45, 2.75) is 25.3 Å². The summed E-state index contributed by atoms with van der Waals surface area (Å²) in [4.78, 5) is 6.19. The maximum Gasteiger partial charge on any atom is 0.416 e. The zero-order valence-electron chi connectivity index (χ0n) is 12.1. The summed E-state index contributed by atoms with van der Waals surface area (Å²) in [5.74, 6) is 0.805. The normalized spacial score (nSPS) is 18.7. The predicted molar refractivity (Wildman–Crippen MR) is 75.7 cm³/mol. The Balaban J connectivity index is 1.95. The summed E-state index contributed by atoms with van der Waals surface area (Å²) in [6.45, 7) is 0.982. The molecule has 1 aliphatic heterocycles. The van der Waals surface area contributed by atoms with E-state index in [0.717, 1.165) is 11.9 Å². The summed E-state index contributed by atoms with van der Waals surface area (Å²) in [6.07, 6.45) is -0.849. The summed E-state index contributed by atoms with van der Waals surface area (Å²) in [5, 5.41) is 0. The van der Waals surface area contributed by atoms with Gasteiger partial charge in [-0.25, -0.2) is 4.98 Å². The van der Waals surface area contributed by atoms with E-state index in [4.69, 9.17) is 5.73 Å². The third-order valence-electron chi connectivity index (χ3n) is 4.17. The SMILES string of the molecule is Cn1ccnc1CN1Cc2c(cccc2C(F)(F)F)C1CN. The van der Waals surface area contributed by atoms with Crippen molar-refractivity contribution in [3.8, 4) is 0 Å². The maximum absolute atomic E-state index is 13.2. The zero-order chi connectivity index (χ0) is 15.9. The van der Waals surface area contributed by atoms with Crippen molar-refractivity contribution in [1.82, 2.24) is 14.5 Å². The Morgan fingerprint density at radius 2 is 2.14 bits per heavy atom. The Morgan fingerprint density at radius 3 is 2.73 bits per heavy atom. The highest BCUT2D eigenvalue weighted by Gasteiger charge is 2.39. The molecule has 1 aliphatic rings. The molecule has 22 heavy (non-hydrogen) atoms. The number of halogens is 3. The van der Waals surface area contributed by atoms with Gasteiger partial charge in [-0.15, -0.1) is 0 Å². The molecule has 2 N–H and O–H groups in total. The van der Waals surface area contributed by atoms with Crippen molar-refractivity contribution in [3.63, 3.8) is 0 Å². The summed E-state index contributed by atoms with van der Waals surface area (Å²) < 4.78 is 41.4. The average molecular weight is 310 g/mol. The van der Waals surface area contributed by atoms with Crippen LogP contribution in [-0.4, -0.2) is 21.0 Å². The first kappa shape index (κ1) is 15.1. The molecular weight excluding hydrogens is 293 g/mol. The highest BCUT2D eigenvalue weighted by molar-refractivity contribution is 5.42. The van der Waals surface area contributed by atoms with Gasteiger partial charge in [-0.2, -0.15) is 13.2 Å². The molecule has 118 valence electrons. The van der Waals surface area contributed by atoms with Crippen LogP contribution in [0.3, 0.4) is 0 Å². The molecule has 4 nitrogen and oxygen atoms in total. The lowest BCUT2D eigenvalue weighted by molar-refractivity contribution is -0.138. The van der Waals surface area contributed by atoms with E-state index in [9.17, 15) is 13.2 Å². The molecule has 0 fully saturated rings. The number of aromatic nitrogens is 2. The number of alkyl halides is 3. The number of imidazole rings is 1. The number of nitrogens with zero attached hydrogens (tertiary/aromatic N) is 3. The summed E-state index contributed by atoms with van der Waals surface area (Å²) >= 11 is 0. The van der Waals surface area contributed by atoms with Crippen LogP contribution < -0.4 is 5.73 Å². The molecule has 3 rings (SSSR count). The second kappa shape index (κ2) is 5.40. The number of hydrogen-bond donors (Lipinski definition) is 1. The minimum Gasteiger partial charge on any atom is -0.337 e. The molecule has 1 aromatic heterocycles. The van der Waals surface area contributed by atoms with Gasteiger partial charge in [-0.3, -0.25) is 4.90 Å². The highest BCUT2D eigenvalue weighted by atomic mass is 19.4. The van der Waals surface area contributed by atoms with E-state index >= 15 is 0 Å². The van der Waals surface area contributed by atoms with E-state index < -0.39 is 11.7 Å². The summed E-state index contributed by atoms with van der Waals surface area (Å²) in [7, 11) is 1.87. The Hall–Kier alpha value is -1.86. The van der Waals surface area contributed by atoms with Crippen molar-refractivity contribution in [1.29, 1.82) is 0 Å². The van der Waals surface area contributed by atoms with E-state index in [2.05, 4.69) is 4.98 Å². The summed E-state index contributed by atoms with van der Waals surface area (Å²) in [6, 6.07) is 4.11. The van der Waals surface area contributed by atoms with E-state index in [0.29, 0.717) is 17.7 Å². The van der Waals surface area contributed by atoms with Gasteiger partial charge in [-0.1, -0.05) is 12.1 Å². The third kappa shape index (κ3) is 2.50. The van der Waals surface area contributed by atoms with Gasteiger partial charge in [0.1, 0.15) is 5.82 Å². The molecule has 0 saturated heterocycles. The van der Waals surface area contributed by atoms with Gasteiger partial charge < -0.3 is 10.3 Å². The molecule has 1 aromatic carbocycles. The number of rotatable bonds is 3. The first-order valence-electron chi connectivity index (χ1n) is 7.01. The molecule has 0 amide bonds. The molecule has 2 heterocycles. The first-order valence-corrected chi connectivity index (χ1v) is 7.01. The predicted octanol–water partition coefficient (Wildman–Crippen LogP) is 2.45. The smallest absolute Gasteiger partial charge is 0.337 e. The quantitative estimate of drug-likeness (QED) is 0.947. The fourth-order valence-corrected chi connectivity index (χ4v) is 3.04. The summed E-state index contributed by atoms with van der Waals surface area (Å²) in [5.41, 5.74) is 6.26. The highest BCUT2D eigenvalue weighted by Crippen LogP contribution is 2.41. The van der Waals surface area contributed by atoms with Crippen LogP contribution in [-0.2, 0) is 26.3 Å². The van der Waals surface area contributed by atoms with E-state index in [-0.39, 0.29) is 19.1 Å². The number of hydrogen-bond acceptors (Lipinski definition) is 3. The van der Waals surface area contributed by atoms with Gasteiger partial charge in [0.05, 0.1) is 12.1 Å². The van der Waals surface area contributed by atoms with Crippen LogP contribution in [0.25, 0.3) is 0 Å². The van der Waals surface area contributed by atoms with Gasteiger partial charge in [0.2, 0.25) is 0 Å². The monoisotopic (exact) mass is 310 g/mol. The fraction of sp³-hybridized carbons (Fsp3) is 0.400. The third-order valence-corrected chi connectivity index (χ3v) is 4.17. The Labute approximate surface area is 126 Å². The van der Waals surface area contributed by atoms with Crippen LogP contribution >= 0.6 is 0 Å². The second-order valence-corrected chi connectivity index (χ2v) is 5.48. The van der Waals surface area contributed by atoms with E-state index in [1.807, 2.05) is 22.7 Å². The molecule has 0 bridgehead atoms. The number of benzene rings is 1. The molecule has 0 radical (unpaired) electrons. The topological polar surface area (TPSA) is 47.1 Å². The largest absolute Gasteiger partial charge is 0.416 e. The van der Waals surface area contributed by atoms with E-state index in [1.54, 1.807) is 12.3 Å². The van der Waals surface area contributed by atoms with Crippen molar-refractivity contribution in [2.24, 2.45) is 12.8 Å². The van der Waals surface area contributed by atoms with Crippen LogP contribution in [0.2, 0.25) is 0 Å². The lowest BCUT2D eigenvalue weighted by Gasteiger charge is -2.23. The average Bonchev–Trinajstić information content (AvgIpc) is 3.01. The molecule has 1 atom stereocenters. The van der Waals surface area contributed by atoms with Crippen molar-refractivity contribution in [3.05, 3.63) is 53.1 Å². The lowest BCUT2D eigenvalue weighted by Crippen LogP contribution is -2.28. The van der Waals surface area contributed by atoms with Crippen LogP contribution in [0.4, 0.5) is 13.2 Å². The Morgan fingerprint density at radius 1 is 1.36 bits per heavy atom. The minimum atomic E-state index is -4.34. The van der Waals surface area contributed by atoms with Gasteiger partial charge in [-0.05, 0) is 17.2 Å². The molecule has 0 saturated carbocycles. The van der Waals surface area contributed by atoms with Crippen LogP contribution in [0.15, 0.2) is 30.6 Å². The van der Waals surface area contributed by atoms with Gasteiger partial charge in [0.25, 0.3) is 0 Å². The van der Waals surface area contributed by atoms with Crippen LogP contribution in [0, 0.1) is 0 Å². The molecule has 0 aliphatic carbocycles. The van der Waals surface area contributed by atoms with Crippen molar-refractivity contribution >= 4 is 0 Å². The van der Waals surface area contributed by atoms with Crippen molar-refractivity contribution in [2.75, 3.05) is 6.54 Å². The van der Waals surface area contributed by atoms with Crippen LogP contribution in [0.1, 0.15) is 28.6 Å². The minimum absolute atomic E-state index is 0.214.